The van der Waals surface area contributed by atoms with Crippen molar-refractivity contribution in [3.8, 4) is 56.0 Å². The molecular formula is C43H32IrN3O-. The standard InChI is InChI=1S/C43H32N3O.Ir/c1-26-20-27(2)22-32(21-26)33-10-5-6-11-34(33)35-18-16-30(40-19-17-31(25-44-40)43-45-28(3)23-29(4)46-43)24-39(35)38-14-9-13-37-36-12-7-8-15-41(36)47-42(37)38;/h5-15,17-25H,1-4H3;/q-1;. The van der Waals surface area contributed by atoms with Gasteiger partial charge in [-0.1, -0.05) is 119 Å². The van der Waals surface area contributed by atoms with E-state index in [0.29, 0.717) is 5.82 Å². The molecule has 0 atom stereocenters. The number of aromatic nitrogens is 3. The van der Waals surface area contributed by atoms with E-state index in [1.807, 2.05) is 50.4 Å². The topological polar surface area (TPSA) is 51.8 Å². The molecule has 0 N–H and O–H groups in total. The van der Waals surface area contributed by atoms with Gasteiger partial charge in [0.05, 0.1) is 0 Å². The molecule has 0 unspecified atom stereocenters. The predicted molar refractivity (Wildman–Crippen MR) is 192 cm³/mol. The molecule has 3 heterocycles. The average Bonchev–Trinajstić information content (AvgIpc) is 3.46. The van der Waals surface area contributed by atoms with E-state index in [1.165, 1.54) is 22.3 Å². The minimum Gasteiger partial charge on any atom is -0.455 e. The number of benzene rings is 5. The van der Waals surface area contributed by atoms with Crippen molar-refractivity contribution in [3.05, 3.63) is 150 Å². The summed E-state index contributed by atoms with van der Waals surface area (Å²) in [5, 5.41) is 2.20. The summed E-state index contributed by atoms with van der Waals surface area (Å²) in [5.74, 6) is 0.682. The van der Waals surface area contributed by atoms with Crippen molar-refractivity contribution in [3.63, 3.8) is 0 Å². The second kappa shape index (κ2) is 12.8. The van der Waals surface area contributed by atoms with Crippen LogP contribution in [0.4, 0.5) is 0 Å². The van der Waals surface area contributed by atoms with Crippen molar-refractivity contribution in [1.82, 2.24) is 15.0 Å². The van der Waals surface area contributed by atoms with Gasteiger partial charge in [0.15, 0.2) is 5.82 Å². The van der Waals surface area contributed by atoms with Crippen molar-refractivity contribution in [2.45, 2.75) is 27.7 Å². The first-order valence-electron chi connectivity index (χ1n) is 15.8. The Labute approximate surface area is 293 Å². The van der Waals surface area contributed by atoms with E-state index in [1.54, 1.807) is 0 Å². The fraction of sp³-hybridized carbons (Fsp3) is 0.0930. The fourth-order valence-corrected chi connectivity index (χ4v) is 6.68. The largest absolute Gasteiger partial charge is 0.455 e. The van der Waals surface area contributed by atoms with E-state index < -0.39 is 0 Å². The molecule has 0 fully saturated rings. The number of fused-ring (bicyclic) bond motifs is 3. The molecule has 0 amide bonds. The number of rotatable bonds is 5. The maximum Gasteiger partial charge on any atom is 0.161 e. The summed E-state index contributed by atoms with van der Waals surface area (Å²) in [6, 6.07) is 43.9. The number of nitrogens with zero attached hydrogens (tertiary/aromatic N) is 3. The van der Waals surface area contributed by atoms with E-state index in [9.17, 15) is 0 Å². The van der Waals surface area contributed by atoms with Gasteiger partial charge >= 0.3 is 0 Å². The molecule has 48 heavy (non-hydrogen) atoms. The van der Waals surface area contributed by atoms with E-state index >= 15 is 0 Å². The summed E-state index contributed by atoms with van der Waals surface area (Å²) < 4.78 is 6.57. The summed E-state index contributed by atoms with van der Waals surface area (Å²) in [7, 11) is 0. The normalized spacial score (nSPS) is 11.2. The average molecular weight is 799 g/mol. The molecule has 235 valence electrons. The van der Waals surface area contributed by atoms with Crippen LogP contribution in [-0.4, -0.2) is 15.0 Å². The Morgan fingerprint density at radius 2 is 1.25 bits per heavy atom. The van der Waals surface area contributed by atoms with Gasteiger partial charge < -0.3 is 9.40 Å². The summed E-state index contributed by atoms with van der Waals surface area (Å²) in [5.41, 5.74) is 15.4. The molecular weight excluding hydrogens is 767 g/mol. The molecule has 1 radical (unpaired) electrons. The first-order valence-corrected chi connectivity index (χ1v) is 15.8. The van der Waals surface area contributed by atoms with Gasteiger partial charge in [0.1, 0.15) is 11.2 Å². The number of hydrogen-bond acceptors (Lipinski definition) is 4. The number of hydrogen-bond donors (Lipinski definition) is 0. The number of para-hydroxylation sites is 2. The molecule has 5 heteroatoms. The fourth-order valence-electron chi connectivity index (χ4n) is 6.68. The van der Waals surface area contributed by atoms with Gasteiger partial charge in [0, 0.05) is 59.6 Å². The van der Waals surface area contributed by atoms with Crippen molar-refractivity contribution in [2.24, 2.45) is 0 Å². The minimum atomic E-state index is 0. The predicted octanol–water partition coefficient (Wildman–Crippen LogP) is 11.1. The maximum absolute atomic E-state index is 6.57. The second-order valence-electron chi connectivity index (χ2n) is 12.3. The molecule has 0 aliphatic heterocycles. The molecule has 8 rings (SSSR count). The first-order chi connectivity index (χ1) is 22.9. The van der Waals surface area contributed by atoms with Gasteiger partial charge in [-0.15, -0.1) is 23.8 Å². The van der Waals surface area contributed by atoms with Crippen LogP contribution >= 0.6 is 0 Å². The second-order valence-corrected chi connectivity index (χ2v) is 12.3. The van der Waals surface area contributed by atoms with Crippen molar-refractivity contribution in [1.29, 1.82) is 0 Å². The summed E-state index contributed by atoms with van der Waals surface area (Å²) in [6.07, 6.45) is 1.85. The SMILES string of the molecule is Cc1cc(C)cc(-c2ccccc2-c2c[c-]c(-c3ccc(-c4nc(C)cc(C)n4)cn3)cc2-c2cccc3c2oc2ccccc23)c1.[Ir]. The van der Waals surface area contributed by atoms with Gasteiger partial charge in [0.25, 0.3) is 0 Å². The van der Waals surface area contributed by atoms with Crippen molar-refractivity contribution >= 4 is 21.9 Å². The van der Waals surface area contributed by atoms with Gasteiger partial charge in [-0.3, -0.25) is 0 Å². The number of pyridine rings is 1. The Bertz CT molecular complexity index is 2420. The zero-order chi connectivity index (χ0) is 32.1. The molecule has 5 aromatic carbocycles. The summed E-state index contributed by atoms with van der Waals surface area (Å²) in [4.78, 5) is 14.1. The zero-order valence-electron chi connectivity index (χ0n) is 27.1. The third kappa shape index (κ3) is 5.77. The van der Waals surface area contributed by atoms with Crippen LogP contribution in [0.25, 0.3) is 78.0 Å². The first kappa shape index (κ1) is 31.4. The summed E-state index contributed by atoms with van der Waals surface area (Å²) in [6.45, 7) is 8.28. The van der Waals surface area contributed by atoms with Crippen LogP contribution in [0.3, 0.4) is 0 Å². The maximum atomic E-state index is 6.57. The Kier molecular flexibility index (Phi) is 8.34. The van der Waals surface area contributed by atoms with Crippen LogP contribution in [0, 0.1) is 33.8 Å². The third-order valence-electron chi connectivity index (χ3n) is 8.68. The Morgan fingerprint density at radius 1 is 0.562 bits per heavy atom. The Hall–Kier alpha value is -5.22. The van der Waals surface area contributed by atoms with Crippen LogP contribution in [0.5, 0.6) is 0 Å². The monoisotopic (exact) mass is 799 g/mol. The van der Waals surface area contributed by atoms with Crippen LogP contribution in [0.15, 0.2) is 126 Å². The number of furan rings is 1. The van der Waals surface area contributed by atoms with E-state index in [2.05, 4.69) is 115 Å². The molecule has 0 saturated carbocycles. The van der Waals surface area contributed by atoms with Crippen LogP contribution in [0.1, 0.15) is 22.5 Å². The zero-order valence-corrected chi connectivity index (χ0v) is 29.5. The van der Waals surface area contributed by atoms with Gasteiger partial charge in [-0.05, 0) is 56.6 Å². The van der Waals surface area contributed by atoms with Crippen LogP contribution < -0.4 is 0 Å². The Morgan fingerprint density at radius 3 is 2.00 bits per heavy atom. The van der Waals surface area contributed by atoms with Crippen LogP contribution in [-0.2, 0) is 20.1 Å². The Balaban J connectivity index is 0.00000364. The minimum absolute atomic E-state index is 0. The molecule has 0 spiro atoms. The van der Waals surface area contributed by atoms with Gasteiger partial charge in [0.2, 0.25) is 0 Å². The van der Waals surface area contributed by atoms with Gasteiger partial charge in [-0.25, -0.2) is 9.97 Å². The van der Waals surface area contributed by atoms with Crippen molar-refractivity contribution in [2.75, 3.05) is 0 Å². The molecule has 0 aliphatic carbocycles. The number of aryl methyl sites for hydroxylation is 4. The smallest absolute Gasteiger partial charge is 0.161 e. The molecule has 4 nitrogen and oxygen atoms in total. The van der Waals surface area contributed by atoms with E-state index in [-0.39, 0.29) is 20.1 Å². The van der Waals surface area contributed by atoms with Gasteiger partial charge in [-0.2, -0.15) is 0 Å². The van der Waals surface area contributed by atoms with E-state index in [0.717, 1.165) is 72.4 Å². The molecule has 8 aromatic rings. The summed E-state index contributed by atoms with van der Waals surface area (Å²) >= 11 is 0. The quantitative estimate of drug-likeness (QED) is 0.163. The van der Waals surface area contributed by atoms with Crippen molar-refractivity contribution < 1.29 is 24.5 Å². The third-order valence-corrected chi connectivity index (χ3v) is 8.68. The van der Waals surface area contributed by atoms with E-state index in [4.69, 9.17) is 9.40 Å². The van der Waals surface area contributed by atoms with Crippen LogP contribution in [0.2, 0.25) is 0 Å². The molecule has 3 aromatic heterocycles. The molecule has 0 bridgehead atoms. The molecule has 0 aliphatic rings. The molecule has 0 saturated heterocycles.